The summed E-state index contributed by atoms with van der Waals surface area (Å²) in [4.78, 5) is 30.6. The summed E-state index contributed by atoms with van der Waals surface area (Å²) in [5.74, 6) is -0.943. The summed E-state index contributed by atoms with van der Waals surface area (Å²) in [6.45, 7) is 2.42. The first-order chi connectivity index (χ1) is 17.8. The van der Waals surface area contributed by atoms with E-state index in [2.05, 4.69) is 29.9 Å². The van der Waals surface area contributed by atoms with E-state index in [1.54, 1.807) is 18.5 Å². The van der Waals surface area contributed by atoms with Crippen LogP contribution >= 0.6 is 0 Å². The van der Waals surface area contributed by atoms with Gasteiger partial charge in [0.15, 0.2) is 5.69 Å². The van der Waals surface area contributed by atoms with Crippen LogP contribution in [0.5, 0.6) is 0 Å². The fraction of sp³-hybridized carbons (Fsp3) is 0.375. The quantitative estimate of drug-likeness (QED) is 0.419. The van der Waals surface area contributed by atoms with Gasteiger partial charge in [-0.25, -0.2) is 14.4 Å². The zero-order valence-corrected chi connectivity index (χ0v) is 19.5. The monoisotopic (exact) mass is 514 g/mol. The summed E-state index contributed by atoms with van der Waals surface area (Å²) in [5, 5.41) is 5.17. The van der Waals surface area contributed by atoms with Crippen LogP contribution in [0, 0.1) is 5.82 Å². The average Bonchev–Trinajstić information content (AvgIpc) is 3.53. The first-order valence-corrected chi connectivity index (χ1v) is 11.9. The Hall–Kier alpha value is -3.87. The molecule has 0 unspecified atom stereocenters. The van der Waals surface area contributed by atoms with E-state index in [9.17, 15) is 22.4 Å². The number of rotatable bonds is 4. The number of nitrogens with zero attached hydrogens (tertiary/aromatic N) is 7. The van der Waals surface area contributed by atoms with Crippen LogP contribution < -0.4 is 0 Å². The highest BCUT2D eigenvalue weighted by Crippen LogP contribution is 2.33. The van der Waals surface area contributed by atoms with Gasteiger partial charge in [-0.1, -0.05) is 0 Å². The van der Waals surface area contributed by atoms with Crippen molar-refractivity contribution < 1.29 is 22.4 Å². The fourth-order valence-electron chi connectivity index (χ4n) is 5.10. The third kappa shape index (κ3) is 4.32. The lowest BCUT2D eigenvalue weighted by Gasteiger charge is -2.47. The number of carbonyl (C=O) groups is 1. The number of hydrogen-bond donors (Lipinski definition) is 1. The molecule has 1 N–H and O–H groups in total. The smallest absolute Gasteiger partial charge is 0.346 e. The first kappa shape index (κ1) is 23.5. The Labute approximate surface area is 208 Å². The summed E-state index contributed by atoms with van der Waals surface area (Å²) in [7, 11) is 0. The van der Waals surface area contributed by atoms with Gasteiger partial charge in [0.2, 0.25) is 0 Å². The molecule has 37 heavy (non-hydrogen) atoms. The van der Waals surface area contributed by atoms with E-state index >= 15 is 0 Å². The minimum atomic E-state index is -4.65. The molecule has 4 aromatic heterocycles. The van der Waals surface area contributed by atoms with Gasteiger partial charge in [-0.05, 0) is 18.9 Å². The van der Waals surface area contributed by atoms with Gasteiger partial charge in [0.1, 0.15) is 17.2 Å². The molecule has 0 radical (unpaired) electrons. The van der Waals surface area contributed by atoms with Gasteiger partial charge in [-0.2, -0.15) is 18.3 Å². The summed E-state index contributed by atoms with van der Waals surface area (Å²) in [5.41, 5.74) is 0.299. The topological polar surface area (TPSA) is 95.8 Å². The van der Waals surface area contributed by atoms with Crippen LogP contribution in [0.1, 0.15) is 35.1 Å². The zero-order valence-electron chi connectivity index (χ0n) is 19.5. The Bertz CT molecular complexity index is 1450. The van der Waals surface area contributed by atoms with Crippen molar-refractivity contribution in [3.05, 3.63) is 60.5 Å². The molecule has 2 saturated heterocycles. The molecule has 2 aliphatic heterocycles. The normalized spacial score (nSPS) is 17.9. The number of H-pyrrole nitrogens is 1. The largest absolute Gasteiger partial charge is 0.434 e. The Morgan fingerprint density at radius 3 is 2.59 bits per heavy atom. The highest BCUT2D eigenvalue weighted by atomic mass is 19.4. The van der Waals surface area contributed by atoms with Crippen molar-refractivity contribution in [1.82, 2.24) is 39.5 Å². The van der Waals surface area contributed by atoms with E-state index in [4.69, 9.17) is 0 Å². The van der Waals surface area contributed by atoms with Crippen LogP contribution in [0.15, 0.2) is 43.2 Å². The number of carbonyl (C=O) groups excluding carboxylic acids is 1. The Balaban J connectivity index is 1.05. The maximum Gasteiger partial charge on any atom is 0.434 e. The van der Waals surface area contributed by atoms with Crippen molar-refractivity contribution in [2.24, 2.45) is 0 Å². The van der Waals surface area contributed by atoms with Crippen molar-refractivity contribution in [2.45, 2.75) is 31.1 Å². The number of fused-ring (bicyclic) bond motifs is 1. The van der Waals surface area contributed by atoms with Crippen LogP contribution in [0.25, 0.3) is 22.2 Å². The number of nitrogens with one attached hydrogen (secondary N) is 1. The van der Waals surface area contributed by atoms with Crippen molar-refractivity contribution in [2.75, 3.05) is 26.2 Å². The van der Waals surface area contributed by atoms with E-state index in [0.717, 1.165) is 19.3 Å². The van der Waals surface area contributed by atoms with Gasteiger partial charge < -0.3 is 9.88 Å². The molecule has 1 amide bonds. The SMILES string of the molecule is O=C(c1cncc(C(F)(F)F)n1)N1CCC(N2CC(n3cc(-c4c(F)cnc5[nH]ccc45)cn3)C2)CC1. The predicted molar refractivity (Wildman–Crippen MR) is 124 cm³/mol. The third-order valence-electron chi connectivity index (χ3n) is 7.11. The standard InChI is InChI=1S/C24H22F4N8O/c25-18-8-31-22-17(1-4-30-22)21(18)14-7-32-36(11-14)16-12-35(13-16)15-2-5-34(6-3-15)23(37)19-9-29-10-20(33-19)24(26,27)28/h1,4,7-11,15-16H,2-3,5-6,12-13H2,(H,30,31). The fourth-order valence-corrected chi connectivity index (χ4v) is 5.10. The van der Waals surface area contributed by atoms with Crippen LogP contribution in [0.3, 0.4) is 0 Å². The number of aromatic nitrogens is 6. The maximum absolute atomic E-state index is 14.6. The lowest BCUT2D eigenvalue weighted by molar-refractivity contribution is -0.141. The molecule has 13 heteroatoms. The number of amides is 1. The van der Waals surface area contributed by atoms with Crippen LogP contribution in [0.2, 0.25) is 0 Å². The third-order valence-corrected chi connectivity index (χ3v) is 7.11. The van der Waals surface area contributed by atoms with Crippen molar-refractivity contribution in [3.8, 4) is 11.1 Å². The second-order valence-electron chi connectivity index (χ2n) is 9.35. The second-order valence-corrected chi connectivity index (χ2v) is 9.35. The van der Waals surface area contributed by atoms with Gasteiger partial charge in [0, 0.05) is 61.1 Å². The second kappa shape index (κ2) is 8.91. The summed E-state index contributed by atoms with van der Waals surface area (Å²) in [6, 6.07) is 2.21. The van der Waals surface area contributed by atoms with Crippen LogP contribution in [0.4, 0.5) is 17.6 Å². The van der Waals surface area contributed by atoms with E-state index in [1.807, 2.05) is 10.9 Å². The highest BCUT2D eigenvalue weighted by Gasteiger charge is 2.37. The molecule has 0 aromatic carbocycles. The molecule has 0 atom stereocenters. The number of alkyl halides is 3. The number of halogens is 4. The van der Waals surface area contributed by atoms with Crippen LogP contribution in [-0.2, 0) is 6.18 Å². The summed E-state index contributed by atoms with van der Waals surface area (Å²) in [6.07, 6.45) is 4.89. The number of likely N-dealkylation sites (tertiary alicyclic amines) is 2. The Morgan fingerprint density at radius 2 is 1.84 bits per heavy atom. The average molecular weight is 514 g/mol. The molecule has 0 aliphatic carbocycles. The summed E-state index contributed by atoms with van der Waals surface area (Å²) < 4.78 is 55.1. The summed E-state index contributed by atoms with van der Waals surface area (Å²) >= 11 is 0. The zero-order chi connectivity index (χ0) is 25.7. The Morgan fingerprint density at radius 1 is 1.05 bits per heavy atom. The van der Waals surface area contributed by atoms with Crippen LogP contribution in [-0.4, -0.2) is 77.6 Å². The van der Waals surface area contributed by atoms with Crippen molar-refractivity contribution >= 4 is 16.9 Å². The highest BCUT2D eigenvalue weighted by molar-refractivity contribution is 5.93. The van der Waals surface area contributed by atoms with Crippen molar-refractivity contribution in [1.29, 1.82) is 0 Å². The molecule has 2 fully saturated rings. The molecule has 2 aliphatic rings. The molecular weight excluding hydrogens is 492 g/mol. The lowest BCUT2D eigenvalue weighted by Crippen LogP contribution is -2.56. The molecule has 0 saturated carbocycles. The molecule has 192 valence electrons. The molecular formula is C24H22F4N8O. The molecule has 9 nitrogen and oxygen atoms in total. The van der Waals surface area contributed by atoms with E-state index in [1.165, 1.54) is 11.1 Å². The Kier molecular flexibility index (Phi) is 5.66. The molecule has 4 aromatic rings. The van der Waals surface area contributed by atoms with Gasteiger partial charge in [0.25, 0.3) is 5.91 Å². The van der Waals surface area contributed by atoms with Gasteiger partial charge in [0.05, 0.1) is 30.8 Å². The minimum absolute atomic E-state index is 0.153. The number of aromatic amines is 1. The molecule has 6 heterocycles. The van der Waals surface area contributed by atoms with Gasteiger partial charge in [-0.3, -0.25) is 19.4 Å². The van der Waals surface area contributed by atoms with E-state index in [-0.39, 0.29) is 17.8 Å². The molecule has 0 spiro atoms. The van der Waals surface area contributed by atoms with Gasteiger partial charge in [-0.15, -0.1) is 0 Å². The van der Waals surface area contributed by atoms with E-state index < -0.39 is 23.6 Å². The predicted octanol–water partition coefficient (Wildman–Crippen LogP) is 3.54. The minimum Gasteiger partial charge on any atom is -0.346 e. The van der Waals surface area contributed by atoms with Crippen molar-refractivity contribution in [3.63, 3.8) is 0 Å². The number of hydrogen-bond acceptors (Lipinski definition) is 6. The molecule has 0 bridgehead atoms. The van der Waals surface area contributed by atoms with Gasteiger partial charge >= 0.3 is 6.18 Å². The first-order valence-electron chi connectivity index (χ1n) is 11.9. The lowest BCUT2D eigenvalue weighted by atomic mass is 9.97. The number of piperidine rings is 1. The molecule has 6 rings (SSSR count). The maximum atomic E-state index is 14.6. The number of pyridine rings is 1. The van der Waals surface area contributed by atoms with E-state index in [0.29, 0.717) is 54.3 Å².